The average Bonchev–Trinajstić information content (AvgIpc) is 3.11. The predicted molar refractivity (Wildman–Crippen MR) is 96.9 cm³/mol. The van der Waals surface area contributed by atoms with Gasteiger partial charge in [-0.3, -0.25) is 9.59 Å². The van der Waals surface area contributed by atoms with E-state index in [1.165, 1.54) is 0 Å². The summed E-state index contributed by atoms with van der Waals surface area (Å²) in [5.74, 6) is 0.546. The normalized spacial score (nSPS) is 16.7. The molecule has 130 valence electrons. The zero-order valence-corrected chi connectivity index (χ0v) is 14.7. The molecule has 1 saturated heterocycles. The average molecular weight is 337 g/mol. The van der Waals surface area contributed by atoms with E-state index >= 15 is 0 Å². The molecule has 2 aromatic carbocycles. The van der Waals surface area contributed by atoms with Crippen LogP contribution in [0, 0.1) is 13.8 Å². The van der Waals surface area contributed by atoms with Crippen molar-refractivity contribution in [3.05, 3.63) is 65.2 Å². The first-order valence-corrected chi connectivity index (χ1v) is 8.64. The van der Waals surface area contributed by atoms with Gasteiger partial charge in [-0.1, -0.05) is 47.5 Å². The number of rotatable bonds is 5. The molecule has 2 aromatic rings. The summed E-state index contributed by atoms with van der Waals surface area (Å²) < 4.78 is 5.58. The van der Waals surface area contributed by atoms with Crippen molar-refractivity contribution in [3.63, 3.8) is 0 Å². The summed E-state index contributed by atoms with van der Waals surface area (Å²) in [4.78, 5) is 26.9. The summed E-state index contributed by atoms with van der Waals surface area (Å²) in [7, 11) is 0. The third kappa shape index (κ3) is 4.08. The van der Waals surface area contributed by atoms with E-state index in [2.05, 4.69) is 0 Å². The van der Waals surface area contributed by atoms with Gasteiger partial charge < -0.3 is 9.64 Å². The third-order valence-electron chi connectivity index (χ3n) is 4.60. The Labute approximate surface area is 148 Å². The van der Waals surface area contributed by atoms with Crippen LogP contribution in [0.2, 0.25) is 0 Å². The van der Waals surface area contributed by atoms with Crippen LogP contribution in [-0.2, 0) is 4.79 Å². The maximum Gasteiger partial charge on any atom is 0.261 e. The number of ketones is 1. The van der Waals surface area contributed by atoms with Crippen LogP contribution in [0.15, 0.2) is 48.5 Å². The van der Waals surface area contributed by atoms with Gasteiger partial charge in [0.2, 0.25) is 0 Å². The van der Waals surface area contributed by atoms with Gasteiger partial charge in [-0.15, -0.1) is 0 Å². The molecule has 0 N–H and O–H groups in total. The van der Waals surface area contributed by atoms with Gasteiger partial charge in [0.05, 0.1) is 6.04 Å². The quantitative estimate of drug-likeness (QED) is 0.784. The highest BCUT2D eigenvalue weighted by Crippen LogP contribution is 2.22. The fourth-order valence-corrected chi connectivity index (χ4v) is 3.11. The second-order valence-electron chi connectivity index (χ2n) is 6.58. The third-order valence-corrected chi connectivity index (χ3v) is 4.60. The number of amides is 1. The first-order valence-electron chi connectivity index (χ1n) is 8.64. The second-order valence-corrected chi connectivity index (χ2v) is 6.58. The molecule has 0 aromatic heterocycles. The minimum absolute atomic E-state index is 0.0150. The number of hydrogen-bond donors (Lipinski definition) is 0. The zero-order chi connectivity index (χ0) is 17.8. The number of ether oxygens (including phenoxy) is 1. The van der Waals surface area contributed by atoms with Crippen molar-refractivity contribution in [2.75, 3.05) is 13.2 Å². The molecule has 1 amide bonds. The summed E-state index contributed by atoms with van der Waals surface area (Å²) in [6, 6.07) is 14.7. The molecule has 4 heteroatoms. The lowest BCUT2D eigenvalue weighted by atomic mass is 10.0. The lowest BCUT2D eigenvalue weighted by Crippen LogP contribution is -2.42. The van der Waals surface area contributed by atoms with Crippen LogP contribution in [-0.4, -0.2) is 35.8 Å². The summed E-state index contributed by atoms with van der Waals surface area (Å²) in [6.07, 6.45) is 1.56. The summed E-state index contributed by atoms with van der Waals surface area (Å²) in [6.45, 7) is 4.56. The maximum absolute atomic E-state index is 12.8. The van der Waals surface area contributed by atoms with E-state index in [0.717, 1.165) is 17.5 Å². The maximum atomic E-state index is 12.8. The number of carbonyl (C=O) groups excluding carboxylic acids is 2. The Kier molecular flexibility index (Phi) is 5.17. The molecule has 3 rings (SSSR count). The molecule has 1 unspecified atom stereocenters. The van der Waals surface area contributed by atoms with E-state index in [1.54, 1.807) is 4.90 Å². The molecule has 1 fully saturated rings. The van der Waals surface area contributed by atoms with E-state index in [9.17, 15) is 9.59 Å². The van der Waals surface area contributed by atoms with Gasteiger partial charge in [-0.2, -0.15) is 0 Å². The van der Waals surface area contributed by atoms with Crippen LogP contribution in [0.1, 0.15) is 34.3 Å². The number of aryl methyl sites for hydroxylation is 2. The van der Waals surface area contributed by atoms with Crippen LogP contribution in [0.5, 0.6) is 5.75 Å². The topological polar surface area (TPSA) is 46.6 Å². The largest absolute Gasteiger partial charge is 0.484 e. The highest BCUT2D eigenvalue weighted by atomic mass is 16.5. The van der Waals surface area contributed by atoms with E-state index in [-0.39, 0.29) is 24.3 Å². The van der Waals surface area contributed by atoms with E-state index in [0.29, 0.717) is 24.3 Å². The number of benzene rings is 2. The predicted octanol–water partition coefficient (Wildman–Crippen LogP) is 3.56. The van der Waals surface area contributed by atoms with Crippen LogP contribution >= 0.6 is 0 Å². The number of Topliss-reactive ketones (excluding diaryl/α,β-unsaturated/α-hetero) is 1. The van der Waals surface area contributed by atoms with Crippen LogP contribution in [0.25, 0.3) is 0 Å². The van der Waals surface area contributed by atoms with Gasteiger partial charge in [-0.05, 0) is 38.8 Å². The fraction of sp³-hybridized carbons (Fsp3) is 0.333. The van der Waals surface area contributed by atoms with E-state index in [4.69, 9.17) is 4.74 Å². The molecular formula is C21H23NO3. The molecule has 1 aliphatic heterocycles. The van der Waals surface area contributed by atoms with E-state index in [1.807, 2.05) is 62.4 Å². The lowest BCUT2D eigenvalue weighted by Gasteiger charge is -2.24. The molecule has 0 spiro atoms. The Hall–Kier alpha value is -2.62. The monoisotopic (exact) mass is 337 g/mol. The number of nitrogens with zero attached hydrogens (tertiary/aromatic N) is 1. The highest BCUT2D eigenvalue weighted by molar-refractivity contribution is 6.02. The van der Waals surface area contributed by atoms with Crippen molar-refractivity contribution in [2.24, 2.45) is 0 Å². The Morgan fingerprint density at radius 3 is 2.24 bits per heavy atom. The fourth-order valence-electron chi connectivity index (χ4n) is 3.11. The van der Waals surface area contributed by atoms with Gasteiger partial charge in [0, 0.05) is 12.1 Å². The minimum Gasteiger partial charge on any atom is -0.484 e. The summed E-state index contributed by atoms with van der Waals surface area (Å²) in [5, 5.41) is 0. The highest BCUT2D eigenvalue weighted by Gasteiger charge is 2.34. The zero-order valence-electron chi connectivity index (χ0n) is 14.7. The Morgan fingerprint density at radius 1 is 1.00 bits per heavy atom. The van der Waals surface area contributed by atoms with Crippen molar-refractivity contribution in [1.29, 1.82) is 0 Å². The van der Waals surface area contributed by atoms with Crippen molar-refractivity contribution < 1.29 is 14.3 Å². The van der Waals surface area contributed by atoms with Gasteiger partial charge in [-0.25, -0.2) is 0 Å². The molecule has 0 aliphatic carbocycles. The van der Waals surface area contributed by atoms with E-state index < -0.39 is 0 Å². The summed E-state index contributed by atoms with van der Waals surface area (Å²) in [5.41, 5.74) is 2.92. The van der Waals surface area contributed by atoms with Crippen molar-refractivity contribution >= 4 is 11.7 Å². The molecule has 0 radical (unpaired) electrons. The molecule has 4 nitrogen and oxygen atoms in total. The summed E-state index contributed by atoms with van der Waals surface area (Å²) >= 11 is 0. The smallest absolute Gasteiger partial charge is 0.261 e. The SMILES string of the molecule is Cc1ccc(OCC(=O)N2CCCC2C(=O)c2ccc(C)cc2)cc1. The number of likely N-dealkylation sites (tertiary alicyclic amines) is 1. The van der Waals surface area contributed by atoms with Crippen molar-refractivity contribution in [1.82, 2.24) is 4.90 Å². The molecule has 1 aliphatic rings. The molecule has 0 saturated carbocycles. The van der Waals surface area contributed by atoms with Gasteiger partial charge in [0.1, 0.15) is 5.75 Å². The molecule has 0 bridgehead atoms. The first-order chi connectivity index (χ1) is 12.0. The molecule has 25 heavy (non-hydrogen) atoms. The second kappa shape index (κ2) is 7.51. The first kappa shape index (κ1) is 17.2. The number of hydrogen-bond acceptors (Lipinski definition) is 3. The molecule has 1 heterocycles. The number of carbonyl (C=O) groups is 2. The Bertz CT molecular complexity index is 750. The lowest BCUT2D eigenvalue weighted by molar-refractivity contribution is -0.133. The van der Waals surface area contributed by atoms with Crippen molar-refractivity contribution in [2.45, 2.75) is 32.7 Å². The molecular weight excluding hydrogens is 314 g/mol. The van der Waals surface area contributed by atoms with Gasteiger partial charge in [0.15, 0.2) is 12.4 Å². The Morgan fingerprint density at radius 2 is 1.60 bits per heavy atom. The van der Waals surface area contributed by atoms with Gasteiger partial charge in [0.25, 0.3) is 5.91 Å². The van der Waals surface area contributed by atoms with Gasteiger partial charge >= 0.3 is 0 Å². The standard InChI is InChI=1S/C21H23NO3/c1-15-5-9-17(10-6-15)21(24)19-4-3-13-22(19)20(23)14-25-18-11-7-16(2)8-12-18/h5-12,19H,3-4,13-14H2,1-2H3. The van der Waals surface area contributed by atoms with Crippen LogP contribution in [0.4, 0.5) is 0 Å². The van der Waals surface area contributed by atoms with Crippen LogP contribution < -0.4 is 4.74 Å². The van der Waals surface area contributed by atoms with Crippen LogP contribution in [0.3, 0.4) is 0 Å². The molecule has 1 atom stereocenters. The Balaban J connectivity index is 1.64. The van der Waals surface area contributed by atoms with Crippen molar-refractivity contribution in [3.8, 4) is 5.75 Å². The minimum atomic E-state index is -0.378.